The lowest BCUT2D eigenvalue weighted by Crippen LogP contribution is -2.41. The van der Waals surface area contributed by atoms with E-state index in [4.69, 9.17) is 11.6 Å². The molecule has 6 heteroatoms. The van der Waals surface area contributed by atoms with Gasteiger partial charge in [-0.05, 0) is 37.1 Å². The number of aliphatic hydroxyl groups excluding tert-OH is 1. The Hall–Kier alpha value is -0.780. The SMILES string of the molecule is CC(O)CN(C)C(=O)NCCc1cc(Cl)ccc1Br. The highest BCUT2D eigenvalue weighted by Crippen LogP contribution is 2.21. The molecule has 0 aromatic heterocycles. The lowest BCUT2D eigenvalue weighted by atomic mass is 10.1. The fourth-order valence-corrected chi connectivity index (χ4v) is 2.29. The molecule has 0 aliphatic rings. The Labute approximate surface area is 126 Å². The van der Waals surface area contributed by atoms with Crippen molar-refractivity contribution in [3.63, 3.8) is 0 Å². The van der Waals surface area contributed by atoms with E-state index in [0.29, 0.717) is 24.5 Å². The van der Waals surface area contributed by atoms with Gasteiger partial charge in [0.05, 0.1) is 6.10 Å². The van der Waals surface area contributed by atoms with Crippen molar-refractivity contribution in [3.8, 4) is 0 Å². The van der Waals surface area contributed by atoms with Crippen LogP contribution in [0, 0.1) is 0 Å². The summed E-state index contributed by atoms with van der Waals surface area (Å²) in [7, 11) is 1.65. The average molecular weight is 350 g/mol. The van der Waals surface area contributed by atoms with Crippen molar-refractivity contribution in [2.75, 3.05) is 20.1 Å². The van der Waals surface area contributed by atoms with Crippen LogP contribution in [-0.4, -0.2) is 42.3 Å². The first kappa shape index (κ1) is 16.3. The Morgan fingerprint density at radius 1 is 1.58 bits per heavy atom. The predicted octanol–water partition coefficient (Wildman–Crippen LogP) is 2.67. The third-order valence-corrected chi connectivity index (χ3v) is 3.57. The molecule has 1 unspecified atom stereocenters. The van der Waals surface area contributed by atoms with Crippen LogP contribution in [0.25, 0.3) is 0 Å². The maximum absolute atomic E-state index is 11.7. The molecule has 0 aliphatic carbocycles. The molecule has 0 radical (unpaired) electrons. The van der Waals surface area contributed by atoms with E-state index in [0.717, 1.165) is 10.0 Å². The monoisotopic (exact) mass is 348 g/mol. The summed E-state index contributed by atoms with van der Waals surface area (Å²) in [6.45, 7) is 2.47. The Morgan fingerprint density at radius 2 is 2.26 bits per heavy atom. The van der Waals surface area contributed by atoms with Gasteiger partial charge >= 0.3 is 6.03 Å². The smallest absolute Gasteiger partial charge is 0.317 e. The Kier molecular flexibility index (Phi) is 6.62. The second-order valence-corrected chi connectivity index (χ2v) is 5.74. The van der Waals surface area contributed by atoms with Crippen molar-refractivity contribution in [2.24, 2.45) is 0 Å². The van der Waals surface area contributed by atoms with Crippen LogP contribution >= 0.6 is 27.5 Å². The number of amides is 2. The molecule has 0 bridgehead atoms. The van der Waals surface area contributed by atoms with E-state index >= 15 is 0 Å². The van der Waals surface area contributed by atoms with Gasteiger partial charge in [0.2, 0.25) is 0 Å². The van der Waals surface area contributed by atoms with Gasteiger partial charge in [-0.2, -0.15) is 0 Å². The van der Waals surface area contributed by atoms with Crippen molar-refractivity contribution in [3.05, 3.63) is 33.3 Å². The van der Waals surface area contributed by atoms with E-state index < -0.39 is 6.10 Å². The average Bonchev–Trinajstić information content (AvgIpc) is 2.32. The van der Waals surface area contributed by atoms with Crippen LogP contribution < -0.4 is 5.32 Å². The van der Waals surface area contributed by atoms with E-state index in [2.05, 4.69) is 21.2 Å². The highest BCUT2D eigenvalue weighted by molar-refractivity contribution is 9.10. The first-order valence-electron chi connectivity index (χ1n) is 6.01. The zero-order valence-electron chi connectivity index (χ0n) is 11.0. The van der Waals surface area contributed by atoms with Gasteiger partial charge in [0, 0.05) is 29.6 Å². The number of carbonyl (C=O) groups is 1. The highest BCUT2D eigenvalue weighted by atomic mass is 79.9. The van der Waals surface area contributed by atoms with Crippen LogP contribution in [0.5, 0.6) is 0 Å². The number of hydrogen-bond donors (Lipinski definition) is 2. The fraction of sp³-hybridized carbons (Fsp3) is 0.462. The second-order valence-electron chi connectivity index (χ2n) is 4.45. The molecule has 0 spiro atoms. The molecule has 0 fully saturated rings. The molecular formula is C13H18BrClN2O2. The van der Waals surface area contributed by atoms with Crippen LogP contribution in [0.15, 0.2) is 22.7 Å². The molecule has 4 nitrogen and oxygen atoms in total. The van der Waals surface area contributed by atoms with Crippen LogP contribution in [0.2, 0.25) is 5.02 Å². The summed E-state index contributed by atoms with van der Waals surface area (Å²) in [4.78, 5) is 13.1. The van der Waals surface area contributed by atoms with Gasteiger partial charge in [0.1, 0.15) is 0 Å². The van der Waals surface area contributed by atoms with Gasteiger partial charge in [-0.15, -0.1) is 0 Å². The summed E-state index contributed by atoms with van der Waals surface area (Å²) in [6, 6.07) is 5.37. The van der Waals surface area contributed by atoms with E-state index in [-0.39, 0.29) is 6.03 Å². The van der Waals surface area contributed by atoms with Crippen molar-refractivity contribution in [1.82, 2.24) is 10.2 Å². The summed E-state index contributed by atoms with van der Waals surface area (Å²) in [5, 5.41) is 12.7. The molecule has 0 heterocycles. The number of benzene rings is 1. The minimum atomic E-state index is -0.530. The van der Waals surface area contributed by atoms with Crippen molar-refractivity contribution < 1.29 is 9.90 Å². The summed E-state index contributed by atoms with van der Waals surface area (Å²) in [6.07, 6.45) is 0.160. The number of likely N-dealkylation sites (N-methyl/N-ethyl adjacent to an activating group) is 1. The van der Waals surface area contributed by atoms with Gasteiger partial charge in [0.15, 0.2) is 0 Å². The molecule has 106 valence electrons. The molecule has 1 atom stereocenters. The number of rotatable bonds is 5. The topological polar surface area (TPSA) is 52.6 Å². The van der Waals surface area contributed by atoms with Gasteiger partial charge < -0.3 is 15.3 Å². The number of halogens is 2. The highest BCUT2D eigenvalue weighted by Gasteiger charge is 2.10. The minimum Gasteiger partial charge on any atom is -0.392 e. The standard InChI is InChI=1S/C13H18BrClN2O2/c1-9(18)8-17(2)13(19)16-6-5-10-7-11(15)3-4-12(10)14/h3-4,7,9,18H,5-6,8H2,1-2H3,(H,16,19). The Bertz CT molecular complexity index is 441. The minimum absolute atomic E-state index is 0.195. The van der Waals surface area contributed by atoms with Crippen LogP contribution in [0.4, 0.5) is 4.79 Å². The molecule has 0 aliphatic heterocycles. The summed E-state index contributed by atoms with van der Waals surface area (Å²) in [5.74, 6) is 0. The van der Waals surface area contributed by atoms with E-state index in [1.807, 2.05) is 18.2 Å². The number of aliphatic hydroxyl groups is 1. The molecule has 19 heavy (non-hydrogen) atoms. The lowest BCUT2D eigenvalue weighted by Gasteiger charge is -2.19. The number of urea groups is 1. The molecule has 0 saturated heterocycles. The maximum Gasteiger partial charge on any atom is 0.317 e. The third kappa shape index (κ3) is 5.80. The first-order valence-corrected chi connectivity index (χ1v) is 7.18. The number of nitrogens with one attached hydrogen (secondary N) is 1. The van der Waals surface area contributed by atoms with Gasteiger partial charge in [-0.25, -0.2) is 4.79 Å². The first-order chi connectivity index (χ1) is 8.90. The van der Waals surface area contributed by atoms with Crippen LogP contribution in [-0.2, 0) is 6.42 Å². The second kappa shape index (κ2) is 7.72. The molecule has 1 aromatic rings. The van der Waals surface area contributed by atoms with Crippen molar-refractivity contribution in [1.29, 1.82) is 0 Å². The quantitative estimate of drug-likeness (QED) is 0.858. The number of nitrogens with zero attached hydrogens (tertiary/aromatic N) is 1. The Balaban J connectivity index is 2.41. The number of carbonyl (C=O) groups excluding carboxylic acids is 1. The van der Waals surface area contributed by atoms with E-state index in [9.17, 15) is 9.90 Å². The largest absolute Gasteiger partial charge is 0.392 e. The van der Waals surface area contributed by atoms with E-state index in [1.165, 1.54) is 4.90 Å². The lowest BCUT2D eigenvalue weighted by molar-refractivity contribution is 0.144. The van der Waals surface area contributed by atoms with Gasteiger partial charge in [-0.3, -0.25) is 0 Å². The zero-order valence-corrected chi connectivity index (χ0v) is 13.3. The zero-order chi connectivity index (χ0) is 14.4. The van der Waals surface area contributed by atoms with Crippen molar-refractivity contribution in [2.45, 2.75) is 19.4 Å². The molecule has 0 saturated carbocycles. The number of hydrogen-bond acceptors (Lipinski definition) is 2. The third-order valence-electron chi connectivity index (χ3n) is 2.56. The van der Waals surface area contributed by atoms with Gasteiger partial charge in [-0.1, -0.05) is 27.5 Å². The van der Waals surface area contributed by atoms with Crippen molar-refractivity contribution >= 4 is 33.6 Å². The van der Waals surface area contributed by atoms with Crippen LogP contribution in [0.1, 0.15) is 12.5 Å². The van der Waals surface area contributed by atoms with Crippen LogP contribution in [0.3, 0.4) is 0 Å². The fourth-order valence-electron chi connectivity index (χ4n) is 1.65. The van der Waals surface area contributed by atoms with E-state index in [1.54, 1.807) is 14.0 Å². The summed E-state index contributed by atoms with van der Waals surface area (Å²) < 4.78 is 0.975. The summed E-state index contributed by atoms with van der Waals surface area (Å²) in [5.41, 5.74) is 1.05. The molecule has 1 rings (SSSR count). The normalized spacial score (nSPS) is 12.1. The molecule has 2 N–H and O–H groups in total. The summed E-state index contributed by atoms with van der Waals surface area (Å²) >= 11 is 9.37. The maximum atomic E-state index is 11.7. The van der Waals surface area contributed by atoms with Gasteiger partial charge in [0.25, 0.3) is 0 Å². The molecule has 2 amide bonds. The Morgan fingerprint density at radius 3 is 2.89 bits per heavy atom. The molecule has 1 aromatic carbocycles. The predicted molar refractivity (Wildman–Crippen MR) is 80.6 cm³/mol. The molecular weight excluding hydrogens is 332 g/mol.